The van der Waals surface area contributed by atoms with E-state index in [-0.39, 0.29) is 12.3 Å². The molecule has 0 spiro atoms. The Balaban J connectivity index is 2.21. The molecule has 2 rings (SSSR count). The van der Waals surface area contributed by atoms with Crippen LogP contribution in [0.3, 0.4) is 0 Å². The summed E-state index contributed by atoms with van der Waals surface area (Å²) >= 11 is 0. The predicted octanol–water partition coefficient (Wildman–Crippen LogP) is 0.813. The minimum Gasteiger partial charge on any atom is -0.480 e. The number of nitrogens with two attached hydrogens (primary N) is 1. The molecule has 1 aliphatic rings. The molecule has 0 fully saturated rings. The molecular formula is C11H14N2O4. The van der Waals surface area contributed by atoms with Crippen molar-refractivity contribution in [3.63, 3.8) is 0 Å². The van der Waals surface area contributed by atoms with Crippen molar-refractivity contribution in [1.29, 1.82) is 0 Å². The average Bonchev–Trinajstić information content (AvgIpc) is 2.67. The highest BCUT2D eigenvalue weighted by Gasteiger charge is 2.35. The topological polar surface area (TPSA) is 105 Å². The lowest BCUT2D eigenvalue weighted by atomic mass is 9.93. The lowest BCUT2D eigenvalue weighted by Crippen LogP contribution is -2.35. The van der Waals surface area contributed by atoms with Gasteiger partial charge in [0, 0.05) is 11.6 Å². The molecule has 0 aliphatic carbocycles. The van der Waals surface area contributed by atoms with Crippen LogP contribution in [0.5, 0.6) is 0 Å². The van der Waals surface area contributed by atoms with Gasteiger partial charge in [0.15, 0.2) is 6.23 Å². The third-order valence-electron chi connectivity index (χ3n) is 2.96. The first-order valence-corrected chi connectivity index (χ1v) is 5.27. The second kappa shape index (κ2) is 4.70. The number of carboxylic acids is 1. The highest BCUT2D eigenvalue weighted by molar-refractivity contribution is 5.73. The normalized spacial score (nSPS) is 23.9. The van der Waals surface area contributed by atoms with Gasteiger partial charge in [0.2, 0.25) is 0 Å². The monoisotopic (exact) mass is 238 g/mol. The summed E-state index contributed by atoms with van der Waals surface area (Å²) < 4.78 is 0. The van der Waals surface area contributed by atoms with Crippen LogP contribution in [0.15, 0.2) is 24.3 Å². The minimum atomic E-state index is -1.06. The molecule has 1 aromatic rings. The van der Waals surface area contributed by atoms with Gasteiger partial charge in [0.1, 0.15) is 6.04 Å². The van der Waals surface area contributed by atoms with Crippen molar-refractivity contribution in [3.8, 4) is 0 Å². The molecule has 1 aliphatic heterocycles. The molecule has 0 amide bonds. The molecule has 5 N–H and O–H groups in total. The van der Waals surface area contributed by atoms with E-state index in [0.29, 0.717) is 0 Å². The quantitative estimate of drug-likeness (QED) is 0.457. The highest BCUT2D eigenvalue weighted by atomic mass is 17.1. The SMILES string of the molecule is NC(C[C@@H]1c2ccccc2N[C@H]1OO)C(=O)O. The van der Waals surface area contributed by atoms with Crippen LogP contribution in [0.1, 0.15) is 17.9 Å². The lowest BCUT2D eigenvalue weighted by Gasteiger charge is -2.18. The maximum absolute atomic E-state index is 10.7. The second-order valence-corrected chi connectivity index (χ2v) is 4.04. The number of rotatable bonds is 4. The number of hydrogen-bond acceptors (Lipinski definition) is 5. The van der Waals surface area contributed by atoms with Crippen molar-refractivity contribution in [2.75, 3.05) is 5.32 Å². The Labute approximate surface area is 97.9 Å². The van der Waals surface area contributed by atoms with Gasteiger partial charge in [-0.1, -0.05) is 18.2 Å². The highest BCUT2D eigenvalue weighted by Crippen LogP contribution is 2.38. The molecule has 1 heterocycles. The van der Waals surface area contributed by atoms with Gasteiger partial charge in [-0.05, 0) is 18.1 Å². The van der Waals surface area contributed by atoms with E-state index < -0.39 is 18.2 Å². The van der Waals surface area contributed by atoms with E-state index in [2.05, 4.69) is 10.2 Å². The summed E-state index contributed by atoms with van der Waals surface area (Å²) in [5, 5.41) is 20.6. The van der Waals surface area contributed by atoms with E-state index in [0.717, 1.165) is 11.3 Å². The molecule has 3 atom stereocenters. The lowest BCUT2D eigenvalue weighted by molar-refractivity contribution is -0.274. The van der Waals surface area contributed by atoms with Gasteiger partial charge in [-0.3, -0.25) is 4.79 Å². The molecule has 6 heteroatoms. The number of nitrogens with one attached hydrogen (secondary N) is 1. The molecule has 17 heavy (non-hydrogen) atoms. The number of para-hydroxylation sites is 1. The van der Waals surface area contributed by atoms with Crippen LogP contribution in [-0.4, -0.2) is 28.6 Å². The van der Waals surface area contributed by atoms with E-state index in [1.807, 2.05) is 24.3 Å². The summed E-state index contributed by atoms with van der Waals surface area (Å²) in [6.07, 6.45) is -0.456. The molecule has 0 bridgehead atoms. The zero-order valence-electron chi connectivity index (χ0n) is 9.04. The van der Waals surface area contributed by atoms with Crippen molar-refractivity contribution >= 4 is 11.7 Å². The summed E-state index contributed by atoms with van der Waals surface area (Å²) in [7, 11) is 0. The number of hydrogen-bond donors (Lipinski definition) is 4. The van der Waals surface area contributed by atoms with E-state index in [1.165, 1.54) is 0 Å². The molecular weight excluding hydrogens is 224 g/mol. The van der Waals surface area contributed by atoms with Gasteiger partial charge in [-0.15, -0.1) is 0 Å². The first kappa shape index (κ1) is 11.8. The molecule has 0 saturated carbocycles. The van der Waals surface area contributed by atoms with Crippen LogP contribution in [-0.2, 0) is 9.68 Å². The third kappa shape index (κ3) is 2.23. The van der Waals surface area contributed by atoms with Crippen molar-refractivity contribution in [3.05, 3.63) is 29.8 Å². The van der Waals surface area contributed by atoms with Gasteiger partial charge >= 0.3 is 5.97 Å². The third-order valence-corrected chi connectivity index (χ3v) is 2.96. The average molecular weight is 238 g/mol. The first-order valence-electron chi connectivity index (χ1n) is 5.27. The molecule has 6 nitrogen and oxygen atoms in total. The fourth-order valence-corrected chi connectivity index (χ4v) is 2.09. The summed E-state index contributed by atoms with van der Waals surface area (Å²) in [5.41, 5.74) is 7.24. The fraction of sp³-hybridized carbons (Fsp3) is 0.364. The van der Waals surface area contributed by atoms with Gasteiger partial charge < -0.3 is 16.2 Å². The molecule has 92 valence electrons. The summed E-state index contributed by atoms with van der Waals surface area (Å²) in [4.78, 5) is 15.1. The Morgan fingerprint density at radius 2 is 2.24 bits per heavy atom. The number of carbonyl (C=O) groups is 1. The van der Waals surface area contributed by atoms with Gasteiger partial charge in [-0.25, -0.2) is 10.1 Å². The van der Waals surface area contributed by atoms with E-state index in [4.69, 9.17) is 16.1 Å². The number of anilines is 1. The van der Waals surface area contributed by atoms with E-state index >= 15 is 0 Å². The molecule has 1 unspecified atom stereocenters. The largest absolute Gasteiger partial charge is 0.480 e. The van der Waals surface area contributed by atoms with E-state index in [9.17, 15) is 4.79 Å². The van der Waals surface area contributed by atoms with Crippen LogP contribution in [0.25, 0.3) is 0 Å². The predicted molar refractivity (Wildman–Crippen MR) is 60.5 cm³/mol. The molecule has 0 saturated heterocycles. The number of benzene rings is 1. The standard InChI is InChI=1S/C11H14N2O4/c12-8(11(14)15)5-7-6-3-1-2-4-9(6)13-10(7)17-16/h1-4,7-8,10,13,16H,5,12H2,(H,14,15)/t7-,8?,10+/m1/s1. The van der Waals surface area contributed by atoms with Crippen molar-refractivity contribution < 1.29 is 20.0 Å². The van der Waals surface area contributed by atoms with Crippen LogP contribution >= 0.6 is 0 Å². The summed E-state index contributed by atoms with van der Waals surface area (Å²) in [6.45, 7) is 0. The molecule has 0 aromatic heterocycles. The van der Waals surface area contributed by atoms with Gasteiger partial charge in [-0.2, -0.15) is 0 Å². The molecule has 0 radical (unpaired) electrons. The van der Waals surface area contributed by atoms with Crippen molar-refractivity contribution in [2.45, 2.75) is 24.6 Å². The summed E-state index contributed by atoms with van der Waals surface area (Å²) in [5.74, 6) is -1.34. The van der Waals surface area contributed by atoms with Crippen LogP contribution in [0.2, 0.25) is 0 Å². The zero-order valence-corrected chi connectivity index (χ0v) is 9.04. The first-order chi connectivity index (χ1) is 8.13. The number of fused-ring (bicyclic) bond motifs is 1. The molecule has 1 aromatic carbocycles. The van der Waals surface area contributed by atoms with Crippen LogP contribution in [0, 0.1) is 0 Å². The van der Waals surface area contributed by atoms with Gasteiger partial charge in [0.05, 0.1) is 0 Å². The maximum atomic E-state index is 10.7. The summed E-state index contributed by atoms with van der Waals surface area (Å²) in [6, 6.07) is 6.42. The Bertz CT molecular complexity index is 424. The Morgan fingerprint density at radius 1 is 1.53 bits per heavy atom. The number of carboxylic acid groups (broad SMARTS) is 1. The Kier molecular flexibility index (Phi) is 3.28. The second-order valence-electron chi connectivity index (χ2n) is 4.04. The van der Waals surface area contributed by atoms with Crippen molar-refractivity contribution in [2.24, 2.45) is 5.73 Å². The minimum absolute atomic E-state index is 0.199. The van der Waals surface area contributed by atoms with Gasteiger partial charge in [0.25, 0.3) is 0 Å². The van der Waals surface area contributed by atoms with Crippen molar-refractivity contribution in [1.82, 2.24) is 0 Å². The maximum Gasteiger partial charge on any atom is 0.320 e. The Hall–Kier alpha value is -1.63. The van der Waals surface area contributed by atoms with Crippen LogP contribution in [0.4, 0.5) is 5.69 Å². The number of aliphatic carboxylic acids is 1. The van der Waals surface area contributed by atoms with Crippen LogP contribution < -0.4 is 11.1 Å². The Morgan fingerprint density at radius 3 is 2.88 bits per heavy atom. The fourth-order valence-electron chi connectivity index (χ4n) is 2.09. The smallest absolute Gasteiger partial charge is 0.320 e. The zero-order chi connectivity index (χ0) is 12.4. The van der Waals surface area contributed by atoms with E-state index in [1.54, 1.807) is 0 Å².